The molecule has 1 aromatic rings. The van der Waals surface area contributed by atoms with Crippen LogP contribution in [-0.4, -0.2) is 11.0 Å². The van der Waals surface area contributed by atoms with Gasteiger partial charge in [-0.05, 0) is 32.9 Å². The van der Waals surface area contributed by atoms with Crippen LogP contribution in [0.1, 0.15) is 19.5 Å². The van der Waals surface area contributed by atoms with E-state index in [1.54, 1.807) is 6.20 Å². The van der Waals surface area contributed by atoms with Crippen LogP contribution in [0, 0.1) is 6.92 Å². The fourth-order valence-electron chi connectivity index (χ4n) is 0.948. The average Bonchev–Trinajstić information content (AvgIpc) is 1.93. The Labute approximate surface area is 67.7 Å². The van der Waals surface area contributed by atoms with E-state index in [9.17, 15) is 0 Å². The van der Waals surface area contributed by atoms with Gasteiger partial charge in [-0.15, -0.1) is 0 Å². The standard InChI is InChI=1S/C9H14N2/c1-7(2)11-9-5-4-6-10-8(9)3/h4-7,11H,1-3H3. The van der Waals surface area contributed by atoms with Gasteiger partial charge in [0.15, 0.2) is 0 Å². The molecule has 0 atom stereocenters. The summed E-state index contributed by atoms with van der Waals surface area (Å²) in [7, 11) is 0. The topological polar surface area (TPSA) is 24.9 Å². The SMILES string of the molecule is Cc1ncccc1NC(C)C. The van der Waals surface area contributed by atoms with Crippen LogP contribution in [0.15, 0.2) is 18.3 Å². The average molecular weight is 150 g/mol. The molecule has 1 aromatic heterocycles. The predicted octanol–water partition coefficient (Wildman–Crippen LogP) is 2.21. The fourth-order valence-corrected chi connectivity index (χ4v) is 0.948. The molecule has 0 saturated carbocycles. The third kappa shape index (κ3) is 2.22. The van der Waals surface area contributed by atoms with Gasteiger partial charge < -0.3 is 5.32 Å². The molecule has 0 aliphatic carbocycles. The summed E-state index contributed by atoms with van der Waals surface area (Å²) in [5.41, 5.74) is 2.18. The maximum atomic E-state index is 4.17. The molecule has 0 fully saturated rings. The molecule has 0 radical (unpaired) electrons. The van der Waals surface area contributed by atoms with Crippen molar-refractivity contribution in [2.24, 2.45) is 0 Å². The Balaban J connectivity index is 2.78. The first-order valence-electron chi connectivity index (χ1n) is 3.88. The summed E-state index contributed by atoms with van der Waals surface area (Å²) in [6.45, 7) is 6.24. The van der Waals surface area contributed by atoms with Crippen molar-refractivity contribution >= 4 is 5.69 Å². The van der Waals surface area contributed by atoms with Crippen molar-refractivity contribution in [3.8, 4) is 0 Å². The first kappa shape index (κ1) is 8.05. The van der Waals surface area contributed by atoms with E-state index in [0.29, 0.717) is 6.04 Å². The van der Waals surface area contributed by atoms with Gasteiger partial charge in [-0.3, -0.25) is 4.98 Å². The minimum absolute atomic E-state index is 0.470. The van der Waals surface area contributed by atoms with Crippen LogP contribution < -0.4 is 5.32 Å². The van der Waals surface area contributed by atoms with Gasteiger partial charge in [0.2, 0.25) is 0 Å². The number of rotatable bonds is 2. The smallest absolute Gasteiger partial charge is 0.0603 e. The lowest BCUT2D eigenvalue weighted by Crippen LogP contribution is -2.10. The number of nitrogens with one attached hydrogen (secondary N) is 1. The minimum Gasteiger partial charge on any atom is -0.381 e. The Hall–Kier alpha value is -1.05. The molecule has 2 heteroatoms. The summed E-state index contributed by atoms with van der Waals surface area (Å²) >= 11 is 0. The molecule has 0 aromatic carbocycles. The maximum Gasteiger partial charge on any atom is 0.0603 e. The molecule has 0 amide bonds. The number of anilines is 1. The van der Waals surface area contributed by atoms with Crippen molar-refractivity contribution in [3.05, 3.63) is 24.0 Å². The first-order chi connectivity index (χ1) is 5.20. The third-order valence-electron chi connectivity index (χ3n) is 1.45. The molecule has 1 heterocycles. The zero-order valence-corrected chi connectivity index (χ0v) is 7.26. The highest BCUT2D eigenvalue weighted by Gasteiger charge is 1.97. The fraction of sp³-hybridized carbons (Fsp3) is 0.444. The molecular weight excluding hydrogens is 136 g/mol. The number of aromatic nitrogens is 1. The van der Waals surface area contributed by atoms with E-state index in [2.05, 4.69) is 24.1 Å². The molecule has 0 bridgehead atoms. The van der Waals surface area contributed by atoms with Gasteiger partial charge in [-0.2, -0.15) is 0 Å². The lowest BCUT2D eigenvalue weighted by atomic mass is 10.3. The van der Waals surface area contributed by atoms with Gasteiger partial charge in [0.1, 0.15) is 0 Å². The van der Waals surface area contributed by atoms with E-state index in [0.717, 1.165) is 11.4 Å². The van der Waals surface area contributed by atoms with Crippen LogP contribution in [0.25, 0.3) is 0 Å². The highest BCUT2D eigenvalue weighted by molar-refractivity contribution is 5.47. The minimum atomic E-state index is 0.470. The second-order valence-electron chi connectivity index (χ2n) is 2.94. The van der Waals surface area contributed by atoms with Gasteiger partial charge in [0, 0.05) is 12.2 Å². The van der Waals surface area contributed by atoms with Crippen LogP contribution in [0.4, 0.5) is 5.69 Å². The van der Waals surface area contributed by atoms with Crippen LogP contribution >= 0.6 is 0 Å². The molecule has 11 heavy (non-hydrogen) atoms. The summed E-state index contributed by atoms with van der Waals surface area (Å²) in [5, 5.41) is 3.31. The van der Waals surface area contributed by atoms with Crippen molar-refractivity contribution < 1.29 is 0 Å². The molecule has 2 nitrogen and oxygen atoms in total. The van der Waals surface area contributed by atoms with E-state index in [-0.39, 0.29) is 0 Å². The molecule has 0 aliphatic heterocycles. The van der Waals surface area contributed by atoms with Gasteiger partial charge >= 0.3 is 0 Å². The van der Waals surface area contributed by atoms with Gasteiger partial charge in [-0.25, -0.2) is 0 Å². The van der Waals surface area contributed by atoms with Crippen molar-refractivity contribution in [1.29, 1.82) is 0 Å². The van der Waals surface area contributed by atoms with Crippen molar-refractivity contribution in [3.63, 3.8) is 0 Å². The van der Waals surface area contributed by atoms with Gasteiger partial charge in [-0.1, -0.05) is 0 Å². The van der Waals surface area contributed by atoms with E-state index in [4.69, 9.17) is 0 Å². The predicted molar refractivity (Wildman–Crippen MR) is 47.7 cm³/mol. The molecule has 0 aliphatic rings. The summed E-state index contributed by atoms with van der Waals surface area (Å²) in [6, 6.07) is 4.46. The van der Waals surface area contributed by atoms with Crippen LogP contribution in [-0.2, 0) is 0 Å². The highest BCUT2D eigenvalue weighted by atomic mass is 14.9. The number of pyridine rings is 1. The van der Waals surface area contributed by atoms with Gasteiger partial charge in [0.05, 0.1) is 11.4 Å². The molecular formula is C9H14N2. The van der Waals surface area contributed by atoms with Crippen LogP contribution in [0.3, 0.4) is 0 Å². The summed E-state index contributed by atoms with van der Waals surface area (Å²) in [4.78, 5) is 4.17. The quantitative estimate of drug-likeness (QED) is 0.699. The zero-order valence-electron chi connectivity index (χ0n) is 7.26. The van der Waals surface area contributed by atoms with E-state index in [1.165, 1.54) is 0 Å². The van der Waals surface area contributed by atoms with Crippen molar-refractivity contribution in [2.75, 3.05) is 5.32 Å². The van der Waals surface area contributed by atoms with Crippen LogP contribution in [0.5, 0.6) is 0 Å². The molecule has 0 saturated heterocycles. The molecule has 0 unspecified atom stereocenters. The molecule has 1 rings (SSSR count). The Kier molecular flexibility index (Phi) is 2.47. The van der Waals surface area contributed by atoms with Gasteiger partial charge in [0.25, 0.3) is 0 Å². The second-order valence-corrected chi connectivity index (χ2v) is 2.94. The number of hydrogen-bond acceptors (Lipinski definition) is 2. The lowest BCUT2D eigenvalue weighted by Gasteiger charge is -2.10. The Morgan fingerprint density at radius 1 is 1.45 bits per heavy atom. The Bertz CT molecular complexity index is 231. The van der Waals surface area contributed by atoms with Crippen LogP contribution in [0.2, 0.25) is 0 Å². The molecule has 0 spiro atoms. The van der Waals surface area contributed by atoms with Crippen molar-refractivity contribution in [2.45, 2.75) is 26.8 Å². The normalized spacial score (nSPS) is 10.2. The second kappa shape index (κ2) is 3.37. The Morgan fingerprint density at radius 3 is 2.73 bits per heavy atom. The summed E-state index contributed by atoms with van der Waals surface area (Å²) in [6.07, 6.45) is 1.81. The molecule has 1 N–H and O–H groups in total. The molecule has 60 valence electrons. The number of aryl methyl sites for hydroxylation is 1. The highest BCUT2D eigenvalue weighted by Crippen LogP contribution is 2.10. The first-order valence-corrected chi connectivity index (χ1v) is 3.88. The summed E-state index contributed by atoms with van der Waals surface area (Å²) in [5.74, 6) is 0. The van der Waals surface area contributed by atoms with Crippen molar-refractivity contribution in [1.82, 2.24) is 4.98 Å². The van der Waals surface area contributed by atoms with E-state index >= 15 is 0 Å². The monoisotopic (exact) mass is 150 g/mol. The largest absolute Gasteiger partial charge is 0.381 e. The Morgan fingerprint density at radius 2 is 2.18 bits per heavy atom. The lowest BCUT2D eigenvalue weighted by molar-refractivity contribution is 0.893. The third-order valence-corrected chi connectivity index (χ3v) is 1.45. The van der Waals surface area contributed by atoms with E-state index < -0.39 is 0 Å². The maximum absolute atomic E-state index is 4.17. The van der Waals surface area contributed by atoms with E-state index in [1.807, 2.05) is 19.1 Å². The number of nitrogens with zero attached hydrogens (tertiary/aromatic N) is 1. The zero-order chi connectivity index (χ0) is 8.27. The number of hydrogen-bond donors (Lipinski definition) is 1. The summed E-state index contributed by atoms with van der Waals surface area (Å²) < 4.78 is 0.